The summed E-state index contributed by atoms with van der Waals surface area (Å²) in [5.74, 6) is 1.39. The van der Waals surface area contributed by atoms with E-state index in [0.29, 0.717) is 11.5 Å². The lowest BCUT2D eigenvalue weighted by Gasteiger charge is -2.19. The van der Waals surface area contributed by atoms with Crippen LogP contribution in [0.2, 0.25) is 0 Å². The minimum Gasteiger partial charge on any atom is -0.453 e. The fraction of sp³-hybridized carbons (Fsp3) is 0.235. The molecule has 7 rings (SSSR count). The third kappa shape index (κ3) is 4.06. The van der Waals surface area contributed by atoms with Crippen LogP contribution in [0.25, 0.3) is 48.3 Å². The lowest BCUT2D eigenvalue weighted by molar-refractivity contribution is 0.476. The van der Waals surface area contributed by atoms with Gasteiger partial charge in [0.25, 0.3) is 0 Å². The molecule has 0 saturated heterocycles. The second-order valence-electron chi connectivity index (χ2n) is 12.5. The van der Waals surface area contributed by atoms with E-state index in [4.69, 9.17) is 14.1 Å². The zero-order chi connectivity index (χ0) is 27.8. The van der Waals surface area contributed by atoms with Gasteiger partial charge in [-0.15, -0.1) is 11.3 Å². The maximum Gasteiger partial charge on any atom is 0.179 e. The van der Waals surface area contributed by atoms with Crippen molar-refractivity contribution in [1.82, 2.24) is 14.8 Å². The average Bonchev–Trinajstić information content (AvgIpc) is 3.65. The van der Waals surface area contributed by atoms with E-state index in [9.17, 15) is 0 Å². The SMILES string of the molecule is CC(C)(C)c1ccnc(-c2cc(Oc3cccc(-n4cc(C(C)(C)C)cn4)c3)c3oc4cccc5sc2c3c45)c1. The number of hydrogen-bond acceptors (Lipinski definition) is 5. The Labute approximate surface area is 237 Å². The minimum absolute atomic E-state index is 0.0142. The Balaban J connectivity index is 1.38. The summed E-state index contributed by atoms with van der Waals surface area (Å²) >= 11 is 1.78. The molecule has 0 aliphatic rings. The molecule has 0 amide bonds. The highest BCUT2D eigenvalue weighted by molar-refractivity contribution is 7.26. The van der Waals surface area contributed by atoms with Crippen LogP contribution < -0.4 is 4.74 Å². The Morgan fingerprint density at radius 1 is 0.850 bits per heavy atom. The highest BCUT2D eigenvalue weighted by Crippen LogP contribution is 2.50. The molecule has 0 saturated carbocycles. The molecule has 0 atom stereocenters. The van der Waals surface area contributed by atoms with Gasteiger partial charge in [0.15, 0.2) is 11.3 Å². The van der Waals surface area contributed by atoms with Gasteiger partial charge >= 0.3 is 0 Å². The predicted molar refractivity (Wildman–Crippen MR) is 165 cm³/mol. The number of nitrogens with zero attached hydrogens (tertiary/aromatic N) is 3. The first kappa shape index (κ1) is 24.9. The molecule has 0 radical (unpaired) electrons. The molecule has 0 N–H and O–H groups in total. The molecule has 0 aliphatic heterocycles. The molecule has 7 aromatic rings. The van der Waals surface area contributed by atoms with Gasteiger partial charge in [-0.1, -0.05) is 53.7 Å². The molecule has 3 aromatic carbocycles. The Hall–Kier alpha value is -4.16. The van der Waals surface area contributed by atoms with E-state index < -0.39 is 0 Å². The maximum absolute atomic E-state index is 6.62. The lowest BCUT2D eigenvalue weighted by Crippen LogP contribution is -2.11. The molecule has 4 heterocycles. The van der Waals surface area contributed by atoms with E-state index in [1.54, 1.807) is 11.3 Å². The average molecular weight is 546 g/mol. The number of aromatic nitrogens is 3. The molecule has 0 aliphatic carbocycles. The molecule has 6 heteroatoms. The fourth-order valence-electron chi connectivity index (χ4n) is 5.18. The van der Waals surface area contributed by atoms with Crippen molar-refractivity contribution in [2.45, 2.75) is 52.4 Å². The van der Waals surface area contributed by atoms with Gasteiger partial charge in [-0.25, -0.2) is 4.68 Å². The Kier molecular flexibility index (Phi) is 5.39. The van der Waals surface area contributed by atoms with Crippen LogP contribution in [0.4, 0.5) is 0 Å². The molecular weight excluding hydrogens is 514 g/mol. The van der Waals surface area contributed by atoms with Crippen LogP contribution in [-0.2, 0) is 10.8 Å². The first-order chi connectivity index (χ1) is 19.1. The monoisotopic (exact) mass is 545 g/mol. The third-order valence-corrected chi connectivity index (χ3v) is 8.71. The number of pyridine rings is 1. The van der Waals surface area contributed by atoms with Crippen LogP contribution in [0.3, 0.4) is 0 Å². The smallest absolute Gasteiger partial charge is 0.179 e. The molecular formula is C34H31N3O2S. The molecule has 0 spiro atoms. The van der Waals surface area contributed by atoms with Gasteiger partial charge < -0.3 is 9.15 Å². The van der Waals surface area contributed by atoms with Crippen molar-refractivity contribution >= 4 is 42.7 Å². The van der Waals surface area contributed by atoms with Crippen LogP contribution in [-0.4, -0.2) is 14.8 Å². The van der Waals surface area contributed by atoms with E-state index in [2.05, 4.69) is 77.1 Å². The van der Waals surface area contributed by atoms with Gasteiger partial charge in [0.2, 0.25) is 0 Å². The summed E-state index contributed by atoms with van der Waals surface area (Å²) in [4.78, 5) is 4.81. The summed E-state index contributed by atoms with van der Waals surface area (Å²) in [7, 11) is 0. The molecule has 0 fully saturated rings. The van der Waals surface area contributed by atoms with Crippen LogP contribution in [0, 0.1) is 0 Å². The largest absolute Gasteiger partial charge is 0.453 e. The zero-order valence-electron chi connectivity index (χ0n) is 23.6. The van der Waals surface area contributed by atoms with E-state index in [1.807, 2.05) is 53.5 Å². The highest BCUT2D eigenvalue weighted by Gasteiger charge is 2.25. The number of hydrogen-bond donors (Lipinski definition) is 0. The quantitative estimate of drug-likeness (QED) is 0.221. The summed E-state index contributed by atoms with van der Waals surface area (Å²) in [5, 5.41) is 6.86. The van der Waals surface area contributed by atoms with Crippen LogP contribution in [0.15, 0.2) is 83.7 Å². The van der Waals surface area contributed by atoms with Crippen molar-refractivity contribution in [2.75, 3.05) is 0 Å². The fourth-order valence-corrected chi connectivity index (χ4v) is 6.42. The van der Waals surface area contributed by atoms with Crippen molar-refractivity contribution in [3.05, 3.63) is 90.4 Å². The molecule has 0 bridgehead atoms. The lowest BCUT2D eigenvalue weighted by atomic mass is 9.87. The van der Waals surface area contributed by atoms with Crippen LogP contribution in [0.5, 0.6) is 11.5 Å². The molecule has 200 valence electrons. The Bertz CT molecular complexity index is 2010. The standard InChI is InChI=1S/C34H31N3O2S/c1-33(2,3)20-13-14-35-25(15-20)24-17-27(31-30-29-26(39-31)11-8-12-28(29)40-32(24)30)38-23-10-7-9-22(16-23)37-19-21(18-36-37)34(4,5)6/h7-19H,1-6H3. The first-order valence-electron chi connectivity index (χ1n) is 13.6. The van der Waals surface area contributed by atoms with E-state index in [1.165, 1.54) is 20.5 Å². The van der Waals surface area contributed by atoms with Crippen LogP contribution >= 0.6 is 11.3 Å². The summed E-state index contributed by atoms with van der Waals surface area (Å²) in [6.45, 7) is 13.3. The number of furan rings is 1. The summed E-state index contributed by atoms with van der Waals surface area (Å²) in [6.07, 6.45) is 5.92. The summed E-state index contributed by atoms with van der Waals surface area (Å²) in [6, 6.07) is 20.6. The van der Waals surface area contributed by atoms with Gasteiger partial charge in [-0.2, -0.15) is 5.10 Å². The predicted octanol–water partition coefficient (Wildman–Crippen LogP) is 9.87. The maximum atomic E-state index is 6.62. The van der Waals surface area contributed by atoms with Crippen molar-refractivity contribution < 1.29 is 9.15 Å². The first-order valence-corrected chi connectivity index (χ1v) is 14.4. The van der Waals surface area contributed by atoms with Gasteiger partial charge in [0.1, 0.15) is 11.3 Å². The van der Waals surface area contributed by atoms with Gasteiger partial charge in [-0.3, -0.25) is 4.98 Å². The highest BCUT2D eigenvalue weighted by atomic mass is 32.1. The van der Waals surface area contributed by atoms with Crippen molar-refractivity contribution in [1.29, 1.82) is 0 Å². The summed E-state index contributed by atoms with van der Waals surface area (Å²) in [5.41, 5.74) is 7.02. The van der Waals surface area contributed by atoms with E-state index in [-0.39, 0.29) is 10.8 Å². The van der Waals surface area contributed by atoms with Crippen molar-refractivity contribution in [3.63, 3.8) is 0 Å². The van der Waals surface area contributed by atoms with Gasteiger partial charge in [-0.05, 0) is 64.4 Å². The third-order valence-electron chi connectivity index (χ3n) is 7.52. The number of rotatable bonds is 4. The minimum atomic E-state index is 0.0142. The van der Waals surface area contributed by atoms with Crippen molar-refractivity contribution in [2.24, 2.45) is 0 Å². The molecule has 5 nitrogen and oxygen atoms in total. The number of benzene rings is 3. The van der Waals surface area contributed by atoms with E-state index >= 15 is 0 Å². The van der Waals surface area contributed by atoms with E-state index in [0.717, 1.165) is 38.9 Å². The van der Waals surface area contributed by atoms with Gasteiger partial charge in [0, 0.05) is 38.8 Å². The van der Waals surface area contributed by atoms with Crippen LogP contribution in [0.1, 0.15) is 52.7 Å². The number of ether oxygens (including phenoxy) is 1. The topological polar surface area (TPSA) is 53.1 Å². The molecule has 4 aromatic heterocycles. The molecule has 0 unspecified atom stereocenters. The van der Waals surface area contributed by atoms with Gasteiger partial charge in [0.05, 0.1) is 23.0 Å². The normalized spacial score (nSPS) is 12.8. The second kappa shape index (κ2) is 8.67. The molecule has 40 heavy (non-hydrogen) atoms. The van der Waals surface area contributed by atoms with Crippen molar-refractivity contribution in [3.8, 4) is 28.4 Å². The zero-order valence-corrected chi connectivity index (χ0v) is 24.4. The number of thiophene rings is 1. The second-order valence-corrected chi connectivity index (χ2v) is 13.5. The Morgan fingerprint density at radius 3 is 2.42 bits per heavy atom. The summed E-state index contributed by atoms with van der Waals surface area (Å²) < 4.78 is 17.3. The Morgan fingerprint density at radius 2 is 1.65 bits per heavy atom.